The number of methoxy groups -OCH3 is 1. The summed E-state index contributed by atoms with van der Waals surface area (Å²) in [6.07, 6.45) is 4.33. The highest BCUT2D eigenvalue weighted by Crippen LogP contribution is 2.40. The number of hydrogen-bond donors (Lipinski definition) is 2. The van der Waals surface area contributed by atoms with Gasteiger partial charge < -0.3 is 15.2 Å². The first-order valence-electron chi connectivity index (χ1n) is 8.88. The fourth-order valence-electron chi connectivity index (χ4n) is 3.04. The van der Waals surface area contributed by atoms with Gasteiger partial charge in [-0.1, -0.05) is 36.2 Å². The van der Waals surface area contributed by atoms with Crippen LogP contribution < -0.4 is 10.1 Å². The molecule has 3 rings (SSSR count). The van der Waals surface area contributed by atoms with Crippen LogP contribution >= 0.6 is 23.2 Å². The van der Waals surface area contributed by atoms with Crippen LogP contribution in [0.5, 0.6) is 5.88 Å². The number of ether oxygens (including phenoxy) is 1. The molecule has 1 aliphatic carbocycles. The van der Waals surface area contributed by atoms with E-state index in [1.807, 2.05) is 12.3 Å². The zero-order valence-electron chi connectivity index (χ0n) is 15.3. The first-order chi connectivity index (χ1) is 12.9. The summed E-state index contributed by atoms with van der Waals surface area (Å²) in [5, 5.41) is 14.4. The maximum atomic E-state index is 12.8. The number of pyridine rings is 1. The minimum Gasteiger partial charge on any atom is -0.481 e. The molecule has 7 heteroatoms. The number of amides is 1. The van der Waals surface area contributed by atoms with Gasteiger partial charge in [-0.05, 0) is 54.5 Å². The van der Waals surface area contributed by atoms with Gasteiger partial charge in [-0.3, -0.25) is 4.79 Å². The second kappa shape index (κ2) is 8.05. The summed E-state index contributed by atoms with van der Waals surface area (Å²) >= 11 is 12.0. The first-order valence-corrected chi connectivity index (χ1v) is 9.63. The van der Waals surface area contributed by atoms with E-state index in [0.29, 0.717) is 22.4 Å². The van der Waals surface area contributed by atoms with E-state index < -0.39 is 11.5 Å². The minimum atomic E-state index is -1.71. The molecule has 1 aromatic heterocycles. The van der Waals surface area contributed by atoms with Crippen molar-refractivity contribution in [3.63, 3.8) is 0 Å². The molecule has 0 radical (unpaired) electrons. The van der Waals surface area contributed by atoms with Crippen molar-refractivity contribution in [2.45, 2.75) is 44.2 Å². The van der Waals surface area contributed by atoms with Crippen molar-refractivity contribution in [1.82, 2.24) is 10.3 Å². The number of nitrogens with one attached hydrogen (secondary N) is 1. The van der Waals surface area contributed by atoms with Crippen molar-refractivity contribution in [1.29, 1.82) is 0 Å². The molecule has 0 saturated heterocycles. The molecule has 0 aliphatic heterocycles. The molecule has 1 heterocycles. The lowest BCUT2D eigenvalue weighted by atomic mass is 9.90. The predicted octanol–water partition coefficient (Wildman–Crippen LogP) is 4.19. The monoisotopic (exact) mass is 408 g/mol. The topological polar surface area (TPSA) is 71.5 Å². The minimum absolute atomic E-state index is 0.189. The predicted molar refractivity (Wildman–Crippen MR) is 105 cm³/mol. The molecule has 1 amide bonds. The molecule has 0 bridgehead atoms. The Hall–Kier alpha value is -1.82. The van der Waals surface area contributed by atoms with Crippen LogP contribution in [0.4, 0.5) is 0 Å². The Morgan fingerprint density at radius 1 is 1.33 bits per heavy atom. The fraction of sp³-hybridized carbons (Fsp3) is 0.400. The van der Waals surface area contributed by atoms with Gasteiger partial charge in [0.2, 0.25) is 5.88 Å². The van der Waals surface area contributed by atoms with Crippen LogP contribution in [0, 0.1) is 0 Å². The third-order valence-electron chi connectivity index (χ3n) is 4.91. The van der Waals surface area contributed by atoms with E-state index in [1.165, 1.54) is 6.07 Å². The smallest absolute Gasteiger partial charge is 0.256 e. The molecule has 1 atom stereocenters. The summed E-state index contributed by atoms with van der Waals surface area (Å²) in [4.78, 5) is 17.1. The fourth-order valence-corrected chi connectivity index (χ4v) is 3.34. The maximum Gasteiger partial charge on any atom is 0.256 e. The van der Waals surface area contributed by atoms with Crippen LogP contribution in [-0.4, -0.2) is 23.1 Å². The van der Waals surface area contributed by atoms with E-state index in [1.54, 1.807) is 26.2 Å². The number of aromatic nitrogens is 1. The van der Waals surface area contributed by atoms with Crippen molar-refractivity contribution in [3.05, 3.63) is 57.2 Å². The number of carbonyl (C=O) groups is 1. The molecule has 0 unspecified atom stereocenters. The summed E-state index contributed by atoms with van der Waals surface area (Å²) < 4.78 is 5.30. The molecule has 2 N–H and O–H groups in total. The summed E-state index contributed by atoms with van der Waals surface area (Å²) in [5.41, 5.74) is 0.620. The third kappa shape index (κ3) is 4.21. The first kappa shape index (κ1) is 19.9. The molecule has 1 fully saturated rings. The Morgan fingerprint density at radius 3 is 2.67 bits per heavy atom. The van der Waals surface area contributed by atoms with E-state index >= 15 is 0 Å². The molecular weight excluding hydrogens is 387 g/mol. The van der Waals surface area contributed by atoms with E-state index in [9.17, 15) is 9.90 Å². The number of halogens is 2. The summed E-state index contributed by atoms with van der Waals surface area (Å²) in [6.45, 7) is 1.94. The van der Waals surface area contributed by atoms with Gasteiger partial charge in [0, 0.05) is 18.3 Å². The number of rotatable bonds is 7. The molecule has 2 aromatic rings. The summed E-state index contributed by atoms with van der Waals surface area (Å²) in [5.74, 6) is 0.498. The van der Waals surface area contributed by atoms with Gasteiger partial charge in [0.05, 0.1) is 17.2 Å². The molecule has 0 spiro atoms. The van der Waals surface area contributed by atoms with E-state index in [-0.39, 0.29) is 18.0 Å². The van der Waals surface area contributed by atoms with Crippen LogP contribution in [0.2, 0.25) is 10.0 Å². The van der Waals surface area contributed by atoms with Gasteiger partial charge in [-0.25, -0.2) is 4.98 Å². The van der Waals surface area contributed by atoms with Gasteiger partial charge in [-0.2, -0.15) is 0 Å². The Morgan fingerprint density at radius 2 is 2.07 bits per heavy atom. The summed E-state index contributed by atoms with van der Waals surface area (Å²) in [6, 6.07) is 6.70. The lowest BCUT2D eigenvalue weighted by molar-refractivity contribution is -0.141. The zero-order valence-corrected chi connectivity index (χ0v) is 16.8. The molecule has 1 aliphatic rings. The highest BCUT2D eigenvalue weighted by atomic mass is 35.5. The lowest BCUT2D eigenvalue weighted by Crippen LogP contribution is -2.43. The Kier molecular flexibility index (Phi) is 5.94. The standard InChI is InChI=1S/C20H22Cl2N2O3/c1-3-20(26,15-6-7-16(21)17(22)9-15)19(25)24-11-14-8-13(12-4-5-12)10-23-18(14)27-2/h6-10,12,26H,3-5,11H2,1-2H3,(H,24,25)/t20-/m1/s1. The van der Waals surface area contributed by atoms with Crippen molar-refractivity contribution in [2.75, 3.05) is 7.11 Å². The second-order valence-corrected chi connectivity index (χ2v) is 7.55. The van der Waals surface area contributed by atoms with Gasteiger partial charge in [0.1, 0.15) is 0 Å². The number of carbonyl (C=O) groups excluding carboxylic acids is 1. The van der Waals surface area contributed by atoms with Crippen LogP contribution in [0.3, 0.4) is 0 Å². The quantitative estimate of drug-likeness (QED) is 0.720. The van der Waals surface area contributed by atoms with E-state index in [0.717, 1.165) is 24.0 Å². The SMILES string of the molecule is CC[C@](O)(C(=O)NCc1cc(C2CC2)cnc1OC)c1ccc(Cl)c(Cl)c1. The lowest BCUT2D eigenvalue weighted by Gasteiger charge is -2.26. The van der Waals surface area contributed by atoms with Crippen LogP contribution in [0.1, 0.15) is 48.8 Å². The Bertz CT molecular complexity index is 855. The molecule has 27 heavy (non-hydrogen) atoms. The van der Waals surface area contributed by atoms with Crippen molar-refractivity contribution < 1.29 is 14.6 Å². The number of aliphatic hydroxyl groups is 1. The summed E-state index contributed by atoms with van der Waals surface area (Å²) in [7, 11) is 1.54. The molecule has 1 saturated carbocycles. The highest BCUT2D eigenvalue weighted by Gasteiger charge is 2.36. The van der Waals surface area contributed by atoms with Gasteiger partial charge >= 0.3 is 0 Å². The normalized spacial score (nSPS) is 15.9. The Labute approximate surface area is 168 Å². The van der Waals surface area contributed by atoms with Gasteiger partial charge in [-0.15, -0.1) is 0 Å². The number of nitrogens with zero attached hydrogens (tertiary/aromatic N) is 1. The zero-order chi connectivity index (χ0) is 19.6. The van der Waals surface area contributed by atoms with Crippen LogP contribution in [0.15, 0.2) is 30.5 Å². The molecule has 144 valence electrons. The van der Waals surface area contributed by atoms with E-state index in [2.05, 4.69) is 10.3 Å². The third-order valence-corrected chi connectivity index (χ3v) is 5.65. The molecule has 1 aromatic carbocycles. The average Bonchev–Trinajstić information content (AvgIpc) is 3.52. The number of hydrogen-bond acceptors (Lipinski definition) is 4. The maximum absolute atomic E-state index is 12.8. The average molecular weight is 409 g/mol. The van der Waals surface area contributed by atoms with Crippen LogP contribution in [0.25, 0.3) is 0 Å². The number of benzene rings is 1. The largest absolute Gasteiger partial charge is 0.481 e. The van der Waals surface area contributed by atoms with Crippen molar-refractivity contribution in [2.24, 2.45) is 0 Å². The van der Waals surface area contributed by atoms with Crippen molar-refractivity contribution >= 4 is 29.1 Å². The molecule has 5 nitrogen and oxygen atoms in total. The van der Waals surface area contributed by atoms with Gasteiger partial charge in [0.25, 0.3) is 5.91 Å². The van der Waals surface area contributed by atoms with Crippen LogP contribution in [-0.2, 0) is 16.9 Å². The highest BCUT2D eigenvalue weighted by molar-refractivity contribution is 6.42. The van der Waals surface area contributed by atoms with Crippen molar-refractivity contribution in [3.8, 4) is 5.88 Å². The van der Waals surface area contributed by atoms with Gasteiger partial charge in [0.15, 0.2) is 5.60 Å². The Balaban J connectivity index is 1.79. The molecular formula is C20H22Cl2N2O3. The second-order valence-electron chi connectivity index (χ2n) is 6.74. The van der Waals surface area contributed by atoms with E-state index in [4.69, 9.17) is 27.9 Å².